The summed E-state index contributed by atoms with van der Waals surface area (Å²) in [5, 5.41) is 11.3. The van der Waals surface area contributed by atoms with Crippen molar-refractivity contribution in [2.45, 2.75) is 12.5 Å². The van der Waals surface area contributed by atoms with Gasteiger partial charge in [-0.25, -0.2) is 8.78 Å². The van der Waals surface area contributed by atoms with Crippen LogP contribution in [-0.2, 0) is 6.42 Å². The quantitative estimate of drug-likeness (QED) is 0.764. The van der Waals surface area contributed by atoms with E-state index >= 15 is 0 Å². The van der Waals surface area contributed by atoms with Gasteiger partial charge < -0.3 is 9.52 Å². The molecule has 0 saturated heterocycles. The molecule has 0 aliphatic rings. The predicted octanol–water partition coefficient (Wildman–Crippen LogP) is 4.64. The van der Waals surface area contributed by atoms with Gasteiger partial charge in [-0.3, -0.25) is 0 Å². The minimum absolute atomic E-state index is 0.0823. The van der Waals surface area contributed by atoms with Crippen molar-refractivity contribution < 1.29 is 18.3 Å². The standard InChI is InChI=1S/C16H11ClF2O2/c17-11-5-1-4-10-8-14(21-16(10)11)13(20)7-9-3-2-6-12(18)15(9)19/h1-6,8,13,20H,7H2. The van der Waals surface area contributed by atoms with Crippen molar-refractivity contribution in [2.24, 2.45) is 0 Å². The lowest BCUT2D eigenvalue weighted by molar-refractivity contribution is 0.151. The molecule has 1 unspecified atom stereocenters. The topological polar surface area (TPSA) is 33.4 Å². The SMILES string of the molecule is OC(Cc1cccc(F)c1F)c1cc2cccc(Cl)c2o1. The number of hydrogen-bond donors (Lipinski definition) is 1. The minimum Gasteiger partial charge on any atom is -0.457 e. The van der Waals surface area contributed by atoms with Crippen LogP contribution in [0.15, 0.2) is 46.9 Å². The molecule has 0 aliphatic carbocycles. The summed E-state index contributed by atoms with van der Waals surface area (Å²) in [6, 6.07) is 10.7. The van der Waals surface area contributed by atoms with Gasteiger partial charge in [0.15, 0.2) is 17.2 Å². The van der Waals surface area contributed by atoms with E-state index in [9.17, 15) is 13.9 Å². The molecule has 3 rings (SSSR count). The van der Waals surface area contributed by atoms with Crippen LogP contribution in [0.5, 0.6) is 0 Å². The number of hydrogen-bond acceptors (Lipinski definition) is 2. The number of aliphatic hydroxyl groups excluding tert-OH is 1. The Balaban J connectivity index is 1.92. The van der Waals surface area contributed by atoms with Crippen molar-refractivity contribution >= 4 is 22.6 Å². The third kappa shape index (κ3) is 2.64. The summed E-state index contributed by atoms with van der Waals surface area (Å²) in [6.45, 7) is 0. The Labute approximate surface area is 124 Å². The van der Waals surface area contributed by atoms with Gasteiger partial charge in [0, 0.05) is 11.8 Å². The van der Waals surface area contributed by atoms with E-state index in [1.807, 2.05) is 0 Å². The Hall–Kier alpha value is -1.91. The fourth-order valence-corrected chi connectivity index (χ4v) is 2.45. The lowest BCUT2D eigenvalue weighted by Gasteiger charge is -2.08. The molecule has 108 valence electrons. The van der Waals surface area contributed by atoms with Crippen LogP contribution in [0.1, 0.15) is 17.4 Å². The number of rotatable bonds is 3. The summed E-state index contributed by atoms with van der Waals surface area (Å²) in [5.74, 6) is -1.63. The van der Waals surface area contributed by atoms with Crippen molar-refractivity contribution in [3.05, 3.63) is 70.4 Å². The van der Waals surface area contributed by atoms with E-state index < -0.39 is 17.7 Å². The van der Waals surface area contributed by atoms with Crippen LogP contribution in [0.3, 0.4) is 0 Å². The van der Waals surface area contributed by atoms with E-state index in [0.29, 0.717) is 10.6 Å². The molecule has 0 aliphatic heterocycles. The van der Waals surface area contributed by atoms with Crippen LogP contribution in [0, 0.1) is 11.6 Å². The normalized spacial score (nSPS) is 12.8. The van der Waals surface area contributed by atoms with Gasteiger partial charge in [-0.1, -0.05) is 35.9 Å². The van der Waals surface area contributed by atoms with Gasteiger partial charge in [0.25, 0.3) is 0 Å². The fraction of sp³-hybridized carbons (Fsp3) is 0.125. The number of halogens is 3. The van der Waals surface area contributed by atoms with Gasteiger partial charge >= 0.3 is 0 Å². The molecule has 1 heterocycles. The van der Waals surface area contributed by atoms with E-state index in [-0.39, 0.29) is 17.7 Å². The molecule has 0 saturated carbocycles. The highest BCUT2D eigenvalue weighted by Gasteiger charge is 2.18. The Morgan fingerprint density at radius 3 is 2.67 bits per heavy atom. The molecule has 1 aromatic heterocycles. The first-order valence-corrected chi connectivity index (χ1v) is 6.73. The van der Waals surface area contributed by atoms with Crippen LogP contribution >= 0.6 is 11.6 Å². The highest BCUT2D eigenvalue weighted by molar-refractivity contribution is 6.34. The van der Waals surface area contributed by atoms with Gasteiger partial charge in [-0.2, -0.15) is 0 Å². The maximum Gasteiger partial charge on any atom is 0.162 e. The monoisotopic (exact) mass is 308 g/mol. The Kier molecular flexibility index (Phi) is 3.66. The third-order valence-electron chi connectivity index (χ3n) is 3.29. The van der Waals surface area contributed by atoms with Gasteiger partial charge in [0.05, 0.1) is 5.02 Å². The lowest BCUT2D eigenvalue weighted by atomic mass is 10.1. The first-order chi connectivity index (χ1) is 10.1. The van der Waals surface area contributed by atoms with Gasteiger partial charge in [-0.15, -0.1) is 0 Å². The molecule has 2 aromatic carbocycles. The molecule has 1 atom stereocenters. The first-order valence-electron chi connectivity index (χ1n) is 6.35. The van der Waals surface area contributed by atoms with E-state index in [4.69, 9.17) is 16.0 Å². The molecule has 0 radical (unpaired) electrons. The van der Waals surface area contributed by atoms with Crippen LogP contribution in [0.4, 0.5) is 8.78 Å². The van der Waals surface area contributed by atoms with Gasteiger partial charge in [0.1, 0.15) is 11.9 Å². The molecular formula is C16H11ClF2O2. The molecule has 1 N–H and O–H groups in total. The van der Waals surface area contributed by atoms with Crippen LogP contribution in [-0.4, -0.2) is 5.11 Å². The second-order valence-corrected chi connectivity index (χ2v) is 5.15. The van der Waals surface area contributed by atoms with Crippen molar-refractivity contribution in [3.8, 4) is 0 Å². The lowest BCUT2D eigenvalue weighted by Crippen LogP contribution is -2.03. The van der Waals surface area contributed by atoms with Crippen molar-refractivity contribution in [2.75, 3.05) is 0 Å². The summed E-state index contributed by atoms with van der Waals surface area (Å²) >= 11 is 6.00. The zero-order chi connectivity index (χ0) is 15.0. The van der Waals surface area contributed by atoms with E-state index in [1.165, 1.54) is 12.1 Å². The third-order valence-corrected chi connectivity index (χ3v) is 3.59. The summed E-state index contributed by atoms with van der Waals surface area (Å²) < 4.78 is 32.3. The molecule has 0 spiro atoms. The van der Waals surface area contributed by atoms with Crippen LogP contribution in [0.25, 0.3) is 11.0 Å². The number of para-hydroxylation sites is 1. The van der Waals surface area contributed by atoms with E-state index in [2.05, 4.69) is 0 Å². The number of furan rings is 1. The average Bonchev–Trinajstić information content (AvgIpc) is 2.89. The molecule has 0 fully saturated rings. The molecule has 2 nitrogen and oxygen atoms in total. The highest BCUT2D eigenvalue weighted by atomic mass is 35.5. The molecular weight excluding hydrogens is 298 g/mol. The number of aliphatic hydroxyl groups is 1. The molecule has 3 aromatic rings. The predicted molar refractivity (Wildman–Crippen MR) is 76.2 cm³/mol. The van der Waals surface area contributed by atoms with Gasteiger partial charge in [0.2, 0.25) is 0 Å². The second kappa shape index (κ2) is 5.47. The zero-order valence-electron chi connectivity index (χ0n) is 10.8. The number of fused-ring (bicyclic) bond motifs is 1. The maximum absolute atomic E-state index is 13.6. The average molecular weight is 309 g/mol. The van der Waals surface area contributed by atoms with Crippen molar-refractivity contribution in [1.82, 2.24) is 0 Å². The van der Waals surface area contributed by atoms with Gasteiger partial charge in [-0.05, 0) is 23.8 Å². The van der Waals surface area contributed by atoms with E-state index in [0.717, 1.165) is 11.5 Å². The first kappa shape index (κ1) is 14.0. The Morgan fingerprint density at radius 2 is 1.90 bits per heavy atom. The number of benzene rings is 2. The zero-order valence-corrected chi connectivity index (χ0v) is 11.6. The van der Waals surface area contributed by atoms with Crippen LogP contribution in [0.2, 0.25) is 5.02 Å². The fourth-order valence-electron chi connectivity index (χ4n) is 2.23. The summed E-state index contributed by atoms with van der Waals surface area (Å²) in [4.78, 5) is 0. The molecule has 5 heteroatoms. The molecule has 21 heavy (non-hydrogen) atoms. The Morgan fingerprint density at radius 1 is 1.14 bits per heavy atom. The van der Waals surface area contributed by atoms with Crippen molar-refractivity contribution in [1.29, 1.82) is 0 Å². The molecule has 0 bridgehead atoms. The highest BCUT2D eigenvalue weighted by Crippen LogP contribution is 2.31. The largest absolute Gasteiger partial charge is 0.457 e. The van der Waals surface area contributed by atoms with E-state index in [1.54, 1.807) is 24.3 Å². The van der Waals surface area contributed by atoms with Crippen molar-refractivity contribution in [3.63, 3.8) is 0 Å². The Bertz CT molecular complexity index is 798. The smallest absolute Gasteiger partial charge is 0.162 e. The molecule has 0 amide bonds. The summed E-state index contributed by atoms with van der Waals surface area (Å²) in [5.41, 5.74) is 0.557. The summed E-state index contributed by atoms with van der Waals surface area (Å²) in [7, 11) is 0. The van der Waals surface area contributed by atoms with Crippen LogP contribution < -0.4 is 0 Å². The minimum atomic E-state index is -1.08. The maximum atomic E-state index is 13.6. The second-order valence-electron chi connectivity index (χ2n) is 4.74. The summed E-state index contributed by atoms with van der Waals surface area (Å²) in [6.07, 6.45) is -1.16.